The molecular weight excluding hydrogens is 270 g/mol. The van der Waals surface area contributed by atoms with Crippen LogP contribution < -0.4 is 0 Å². The molecule has 4 heteroatoms. The largest absolute Gasteiger partial charge is 0.317 e. The first-order valence-corrected chi connectivity index (χ1v) is 8.22. The summed E-state index contributed by atoms with van der Waals surface area (Å²) in [5.41, 5.74) is 4.37. The molecular formula is C16H15NO2S. The van der Waals surface area contributed by atoms with Crippen LogP contribution in [0.15, 0.2) is 59.6 Å². The minimum Gasteiger partial charge on any atom is -0.317 e. The molecule has 0 spiro atoms. The van der Waals surface area contributed by atoms with Crippen molar-refractivity contribution in [3.8, 4) is 11.3 Å². The van der Waals surface area contributed by atoms with Crippen LogP contribution in [0.2, 0.25) is 0 Å². The van der Waals surface area contributed by atoms with E-state index in [9.17, 15) is 8.42 Å². The number of aromatic nitrogens is 1. The number of aryl methyl sites for hydroxylation is 1. The normalized spacial score (nSPS) is 11.9. The zero-order valence-corrected chi connectivity index (χ0v) is 12.2. The molecule has 3 rings (SSSR count). The predicted molar refractivity (Wildman–Crippen MR) is 80.7 cm³/mol. The van der Waals surface area contributed by atoms with E-state index in [-0.39, 0.29) is 0 Å². The van der Waals surface area contributed by atoms with Crippen LogP contribution in [-0.2, 0) is 9.84 Å². The summed E-state index contributed by atoms with van der Waals surface area (Å²) in [6.45, 7) is 2.06. The van der Waals surface area contributed by atoms with Gasteiger partial charge in [0.05, 0.1) is 10.6 Å². The van der Waals surface area contributed by atoms with Gasteiger partial charge >= 0.3 is 0 Å². The van der Waals surface area contributed by atoms with Crippen molar-refractivity contribution in [2.75, 3.05) is 6.26 Å². The van der Waals surface area contributed by atoms with Gasteiger partial charge in [0.2, 0.25) is 0 Å². The van der Waals surface area contributed by atoms with Gasteiger partial charge in [0.25, 0.3) is 0 Å². The van der Waals surface area contributed by atoms with Crippen molar-refractivity contribution >= 4 is 15.4 Å². The number of sulfone groups is 1. The Morgan fingerprint density at radius 1 is 1.00 bits per heavy atom. The van der Waals surface area contributed by atoms with Crippen LogP contribution in [-0.4, -0.2) is 19.1 Å². The summed E-state index contributed by atoms with van der Waals surface area (Å²) < 4.78 is 25.1. The Bertz CT molecular complexity index is 874. The molecule has 0 unspecified atom stereocenters. The van der Waals surface area contributed by atoms with Gasteiger partial charge in [-0.3, -0.25) is 0 Å². The number of nitrogens with zero attached hydrogens (tertiary/aromatic N) is 1. The Labute approximate surface area is 118 Å². The zero-order chi connectivity index (χ0) is 14.3. The average molecular weight is 285 g/mol. The van der Waals surface area contributed by atoms with E-state index < -0.39 is 9.84 Å². The fraction of sp³-hybridized carbons (Fsp3) is 0.125. The first-order chi connectivity index (χ1) is 9.45. The summed E-state index contributed by atoms with van der Waals surface area (Å²) in [5.74, 6) is 0. The Kier molecular flexibility index (Phi) is 2.91. The maximum absolute atomic E-state index is 11.5. The summed E-state index contributed by atoms with van der Waals surface area (Å²) >= 11 is 0. The second-order valence-electron chi connectivity index (χ2n) is 5.02. The highest BCUT2D eigenvalue weighted by atomic mass is 32.2. The first-order valence-electron chi connectivity index (χ1n) is 6.33. The SMILES string of the molecule is Cc1cc(-c2ccc(S(C)(=O)=O)cc2)n2cccc2c1. The second-order valence-corrected chi connectivity index (χ2v) is 7.03. The molecule has 20 heavy (non-hydrogen) atoms. The van der Waals surface area contributed by atoms with E-state index in [0.29, 0.717) is 4.90 Å². The highest BCUT2D eigenvalue weighted by molar-refractivity contribution is 7.90. The zero-order valence-electron chi connectivity index (χ0n) is 11.4. The third kappa shape index (κ3) is 2.23. The van der Waals surface area contributed by atoms with Crippen LogP contribution >= 0.6 is 0 Å². The number of hydrogen-bond acceptors (Lipinski definition) is 2. The van der Waals surface area contributed by atoms with Gasteiger partial charge in [0.1, 0.15) is 0 Å². The Morgan fingerprint density at radius 3 is 2.35 bits per heavy atom. The topological polar surface area (TPSA) is 38.5 Å². The van der Waals surface area contributed by atoms with E-state index in [1.54, 1.807) is 12.1 Å². The lowest BCUT2D eigenvalue weighted by molar-refractivity contribution is 0.602. The quantitative estimate of drug-likeness (QED) is 0.724. The van der Waals surface area contributed by atoms with Gasteiger partial charge in [-0.2, -0.15) is 0 Å². The van der Waals surface area contributed by atoms with Crippen LogP contribution in [0.3, 0.4) is 0 Å². The maximum atomic E-state index is 11.5. The number of rotatable bonds is 2. The highest BCUT2D eigenvalue weighted by Gasteiger charge is 2.08. The number of hydrogen-bond donors (Lipinski definition) is 0. The molecule has 0 saturated heterocycles. The minimum atomic E-state index is -3.15. The molecule has 0 saturated carbocycles. The molecule has 0 aliphatic carbocycles. The van der Waals surface area contributed by atoms with E-state index in [4.69, 9.17) is 0 Å². The lowest BCUT2D eigenvalue weighted by atomic mass is 10.1. The summed E-state index contributed by atoms with van der Waals surface area (Å²) in [6.07, 6.45) is 3.23. The third-order valence-electron chi connectivity index (χ3n) is 3.36. The Hall–Kier alpha value is -2.07. The van der Waals surface area contributed by atoms with Crippen molar-refractivity contribution < 1.29 is 8.42 Å². The standard InChI is InChI=1S/C16H15NO2S/c1-12-10-14-4-3-9-17(14)16(11-12)13-5-7-15(8-6-13)20(2,18)19/h3-11H,1-2H3. The Balaban J connectivity index is 2.18. The van der Waals surface area contributed by atoms with Crippen LogP contribution in [0.1, 0.15) is 5.56 Å². The number of fused-ring (bicyclic) bond motifs is 1. The van der Waals surface area contributed by atoms with E-state index in [2.05, 4.69) is 29.5 Å². The van der Waals surface area contributed by atoms with E-state index in [1.165, 1.54) is 11.8 Å². The molecule has 0 amide bonds. The van der Waals surface area contributed by atoms with Crippen LogP contribution in [0.5, 0.6) is 0 Å². The van der Waals surface area contributed by atoms with E-state index in [0.717, 1.165) is 16.8 Å². The first kappa shape index (κ1) is 12.9. The van der Waals surface area contributed by atoms with Crippen molar-refractivity contribution in [3.05, 3.63) is 60.3 Å². The van der Waals surface area contributed by atoms with Crippen molar-refractivity contribution in [3.63, 3.8) is 0 Å². The molecule has 3 nitrogen and oxygen atoms in total. The smallest absolute Gasteiger partial charge is 0.175 e. The van der Waals surface area contributed by atoms with Gasteiger partial charge in [-0.25, -0.2) is 8.42 Å². The van der Waals surface area contributed by atoms with Crippen molar-refractivity contribution in [1.29, 1.82) is 0 Å². The maximum Gasteiger partial charge on any atom is 0.175 e. The van der Waals surface area contributed by atoms with Gasteiger partial charge in [0, 0.05) is 18.0 Å². The molecule has 2 heterocycles. The highest BCUT2D eigenvalue weighted by Crippen LogP contribution is 2.24. The Morgan fingerprint density at radius 2 is 1.70 bits per heavy atom. The van der Waals surface area contributed by atoms with Gasteiger partial charge in [0.15, 0.2) is 9.84 Å². The van der Waals surface area contributed by atoms with Crippen LogP contribution in [0.25, 0.3) is 16.8 Å². The molecule has 0 radical (unpaired) electrons. The molecule has 3 aromatic rings. The number of pyridine rings is 1. The molecule has 0 aliphatic heterocycles. The van der Waals surface area contributed by atoms with Crippen LogP contribution in [0.4, 0.5) is 0 Å². The molecule has 102 valence electrons. The summed E-state index contributed by atoms with van der Waals surface area (Å²) in [5, 5.41) is 0. The summed E-state index contributed by atoms with van der Waals surface area (Å²) in [7, 11) is -3.15. The molecule has 1 aromatic carbocycles. The third-order valence-corrected chi connectivity index (χ3v) is 4.49. The molecule has 0 N–H and O–H groups in total. The fourth-order valence-corrected chi connectivity index (χ4v) is 3.02. The second kappa shape index (κ2) is 4.49. The fourth-order valence-electron chi connectivity index (χ4n) is 2.39. The number of benzene rings is 1. The monoisotopic (exact) mass is 285 g/mol. The van der Waals surface area contributed by atoms with Crippen molar-refractivity contribution in [2.45, 2.75) is 11.8 Å². The van der Waals surface area contributed by atoms with Gasteiger partial charge < -0.3 is 4.40 Å². The van der Waals surface area contributed by atoms with Gasteiger partial charge in [-0.15, -0.1) is 0 Å². The molecule has 0 aliphatic rings. The van der Waals surface area contributed by atoms with Crippen LogP contribution in [0, 0.1) is 6.92 Å². The molecule has 0 atom stereocenters. The van der Waals surface area contributed by atoms with E-state index in [1.807, 2.05) is 24.4 Å². The van der Waals surface area contributed by atoms with Crippen molar-refractivity contribution in [1.82, 2.24) is 4.40 Å². The molecule has 0 fully saturated rings. The summed E-state index contributed by atoms with van der Waals surface area (Å²) in [6, 6.07) is 15.3. The van der Waals surface area contributed by atoms with Gasteiger partial charge in [-0.05, 0) is 54.4 Å². The summed E-state index contributed by atoms with van der Waals surface area (Å²) in [4.78, 5) is 0.345. The molecule has 2 aromatic heterocycles. The lowest BCUT2D eigenvalue weighted by Crippen LogP contribution is -1.97. The van der Waals surface area contributed by atoms with Crippen molar-refractivity contribution in [2.24, 2.45) is 0 Å². The average Bonchev–Trinajstić information content (AvgIpc) is 2.85. The van der Waals surface area contributed by atoms with Gasteiger partial charge in [-0.1, -0.05) is 12.1 Å². The van der Waals surface area contributed by atoms with E-state index >= 15 is 0 Å². The molecule has 0 bridgehead atoms. The predicted octanol–water partition coefficient (Wildman–Crippen LogP) is 3.32. The lowest BCUT2D eigenvalue weighted by Gasteiger charge is -2.09. The minimum absolute atomic E-state index is 0.345.